The molecule has 1 saturated carbocycles. The van der Waals surface area contributed by atoms with E-state index in [4.69, 9.17) is 0 Å². The second kappa shape index (κ2) is 5.49. The van der Waals surface area contributed by atoms with Crippen LogP contribution in [-0.2, 0) is 6.54 Å². The zero-order valence-corrected chi connectivity index (χ0v) is 13.7. The lowest BCUT2D eigenvalue weighted by Gasteiger charge is -2.30. The zero-order valence-electron chi connectivity index (χ0n) is 12.2. The molecule has 0 atom stereocenters. The minimum atomic E-state index is 0.158. The van der Waals surface area contributed by atoms with E-state index in [-0.39, 0.29) is 5.91 Å². The summed E-state index contributed by atoms with van der Waals surface area (Å²) in [5.41, 5.74) is 3.10. The lowest BCUT2D eigenvalue weighted by Crippen LogP contribution is -2.42. The van der Waals surface area contributed by atoms with Crippen LogP contribution in [-0.4, -0.2) is 29.5 Å². The topological polar surface area (TPSA) is 23.6 Å². The minimum Gasteiger partial charge on any atom is -0.268 e. The highest BCUT2D eigenvalue weighted by atomic mass is 79.9. The van der Waals surface area contributed by atoms with Gasteiger partial charge in [-0.15, -0.1) is 0 Å². The molecule has 0 radical (unpaired) electrons. The molecule has 3 rings (SSSR count). The number of hydrogen-bond acceptors (Lipinski definition) is 2. The average molecular weight is 337 g/mol. The quantitative estimate of drug-likeness (QED) is 0.839. The van der Waals surface area contributed by atoms with Crippen molar-refractivity contribution in [2.45, 2.75) is 39.2 Å². The highest BCUT2D eigenvalue weighted by Gasteiger charge is 2.32. The smallest absolute Gasteiger partial charge is 0.268 e. The van der Waals surface area contributed by atoms with Gasteiger partial charge in [0.25, 0.3) is 5.91 Å². The molecule has 2 aliphatic rings. The van der Waals surface area contributed by atoms with Gasteiger partial charge in [-0.3, -0.25) is 9.80 Å². The number of nitrogens with zero attached hydrogens (tertiary/aromatic N) is 2. The molecule has 1 amide bonds. The van der Waals surface area contributed by atoms with Gasteiger partial charge in [-0.05, 0) is 48.9 Å². The van der Waals surface area contributed by atoms with E-state index in [9.17, 15) is 4.79 Å². The van der Waals surface area contributed by atoms with Crippen LogP contribution in [0.3, 0.4) is 0 Å². The summed E-state index contributed by atoms with van der Waals surface area (Å²) in [5.74, 6) is 0.912. The largest absolute Gasteiger partial charge is 0.269 e. The number of rotatable bonds is 3. The lowest BCUT2D eigenvalue weighted by atomic mass is 10.0. The first-order chi connectivity index (χ1) is 9.56. The second-order valence-electron chi connectivity index (χ2n) is 6.11. The van der Waals surface area contributed by atoms with Crippen molar-refractivity contribution in [3.63, 3.8) is 0 Å². The standard InChI is InChI=1S/C16H21BrN2O/c1-11-7-14(17)8-13-10-19(16(20)15(11)13)18(2)9-12-5-3-4-6-12/h7-8,12H,3-6,9-10H2,1-2H3. The molecule has 0 unspecified atom stereocenters. The minimum absolute atomic E-state index is 0.158. The third kappa shape index (κ3) is 2.51. The van der Waals surface area contributed by atoms with Crippen molar-refractivity contribution >= 4 is 21.8 Å². The van der Waals surface area contributed by atoms with Gasteiger partial charge in [-0.2, -0.15) is 0 Å². The molecule has 1 fully saturated rings. The maximum atomic E-state index is 12.6. The molecule has 1 aliphatic carbocycles. The summed E-state index contributed by atoms with van der Waals surface area (Å²) in [4.78, 5) is 12.6. The fourth-order valence-corrected chi connectivity index (χ4v) is 4.17. The highest BCUT2D eigenvalue weighted by molar-refractivity contribution is 9.10. The lowest BCUT2D eigenvalue weighted by molar-refractivity contribution is -0.000418. The predicted octanol–water partition coefficient (Wildman–Crippen LogP) is 3.75. The van der Waals surface area contributed by atoms with Crippen molar-refractivity contribution in [2.75, 3.05) is 13.6 Å². The van der Waals surface area contributed by atoms with E-state index in [1.54, 1.807) is 0 Å². The van der Waals surface area contributed by atoms with Gasteiger partial charge in [0.1, 0.15) is 0 Å². The number of halogens is 1. The van der Waals surface area contributed by atoms with E-state index >= 15 is 0 Å². The van der Waals surface area contributed by atoms with Crippen LogP contribution in [0.5, 0.6) is 0 Å². The normalized spacial score (nSPS) is 19.2. The Kier molecular flexibility index (Phi) is 3.87. The van der Waals surface area contributed by atoms with E-state index < -0.39 is 0 Å². The predicted molar refractivity (Wildman–Crippen MR) is 83.3 cm³/mol. The average Bonchev–Trinajstić information content (AvgIpc) is 2.97. The molecule has 0 bridgehead atoms. The van der Waals surface area contributed by atoms with Gasteiger partial charge >= 0.3 is 0 Å². The van der Waals surface area contributed by atoms with E-state index in [0.29, 0.717) is 6.54 Å². The summed E-state index contributed by atoms with van der Waals surface area (Å²) >= 11 is 3.52. The maximum absolute atomic E-state index is 12.6. The van der Waals surface area contributed by atoms with Crippen LogP contribution < -0.4 is 0 Å². The number of fused-ring (bicyclic) bond motifs is 1. The first kappa shape index (κ1) is 14.1. The number of benzene rings is 1. The molecule has 0 saturated heterocycles. The Balaban J connectivity index is 1.77. The van der Waals surface area contributed by atoms with Crippen molar-refractivity contribution in [2.24, 2.45) is 5.92 Å². The molecular formula is C16H21BrN2O. The van der Waals surface area contributed by atoms with Crippen molar-refractivity contribution in [1.29, 1.82) is 0 Å². The Morgan fingerprint density at radius 1 is 1.35 bits per heavy atom. The van der Waals surface area contributed by atoms with Gasteiger partial charge in [0.05, 0.1) is 6.54 Å². The third-order valence-electron chi connectivity index (χ3n) is 4.56. The molecule has 1 aliphatic heterocycles. The summed E-state index contributed by atoms with van der Waals surface area (Å²) in [6.07, 6.45) is 5.31. The van der Waals surface area contributed by atoms with Crippen molar-refractivity contribution in [1.82, 2.24) is 10.0 Å². The van der Waals surface area contributed by atoms with Gasteiger partial charge in [-0.1, -0.05) is 28.8 Å². The molecule has 0 spiro atoms. The Morgan fingerprint density at radius 3 is 2.75 bits per heavy atom. The van der Waals surface area contributed by atoms with E-state index in [1.165, 1.54) is 25.7 Å². The zero-order chi connectivity index (χ0) is 14.3. The molecule has 1 aromatic rings. The molecule has 108 valence electrons. The number of carbonyl (C=O) groups is 1. The summed E-state index contributed by atoms with van der Waals surface area (Å²) in [7, 11) is 2.05. The molecule has 20 heavy (non-hydrogen) atoms. The molecular weight excluding hydrogens is 316 g/mol. The third-order valence-corrected chi connectivity index (χ3v) is 5.02. The molecule has 3 nitrogen and oxygen atoms in total. The first-order valence-corrected chi connectivity index (χ1v) is 8.17. The monoisotopic (exact) mass is 336 g/mol. The highest BCUT2D eigenvalue weighted by Crippen LogP contribution is 2.31. The van der Waals surface area contributed by atoms with E-state index in [2.05, 4.69) is 27.0 Å². The van der Waals surface area contributed by atoms with E-state index in [1.807, 2.05) is 25.0 Å². The Labute approximate surface area is 129 Å². The van der Waals surface area contributed by atoms with Crippen LogP contribution in [0.2, 0.25) is 0 Å². The van der Waals surface area contributed by atoms with Crippen molar-refractivity contribution in [3.8, 4) is 0 Å². The van der Waals surface area contributed by atoms with Gasteiger partial charge in [0.2, 0.25) is 0 Å². The van der Waals surface area contributed by atoms with Crippen LogP contribution in [0, 0.1) is 12.8 Å². The number of hydrazine groups is 1. The summed E-state index contributed by atoms with van der Waals surface area (Å²) in [6.45, 7) is 3.72. The van der Waals surface area contributed by atoms with Crippen LogP contribution >= 0.6 is 15.9 Å². The Morgan fingerprint density at radius 2 is 2.05 bits per heavy atom. The van der Waals surface area contributed by atoms with Crippen LogP contribution in [0.25, 0.3) is 0 Å². The van der Waals surface area contributed by atoms with Crippen LogP contribution in [0.4, 0.5) is 0 Å². The second-order valence-corrected chi connectivity index (χ2v) is 7.03. The number of amides is 1. The van der Waals surface area contributed by atoms with Gasteiger partial charge < -0.3 is 0 Å². The number of carbonyl (C=O) groups excluding carboxylic acids is 1. The van der Waals surface area contributed by atoms with E-state index in [0.717, 1.165) is 33.6 Å². The Hall–Kier alpha value is -0.870. The summed E-state index contributed by atoms with van der Waals surface area (Å²) in [6, 6.07) is 4.10. The van der Waals surface area contributed by atoms with Crippen molar-refractivity contribution < 1.29 is 4.79 Å². The van der Waals surface area contributed by atoms with Crippen molar-refractivity contribution in [3.05, 3.63) is 33.3 Å². The first-order valence-electron chi connectivity index (χ1n) is 7.38. The molecule has 0 N–H and O–H groups in total. The fourth-order valence-electron chi connectivity index (χ4n) is 3.55. The molecule has 4 heteroatoms. The summed E-state index contributed by atoms with van der Waals surface area (Å²) < 4.78 is 1.06. The van der Waals surface area contributed by atoms with Crippen LogP contribution in [0.1, 0.15) is 47.2 Å². The molecule has 1 heterocycles. The summed E-state index contributed by atoms with van der Waals surface area (Å²) in [5, 5.41) is 4.04. The van der Waals surface area contributed by atoms with Crippen LogP contribution in [0.15, 0.2) is 16.6 Å². The maximum Gasteiger partial charge on any atom is 0.269 e. The van der Waals surface area contributed by atoms with Gasteiger partial charge in [0, 0.05) is 23.6 Å². The number of aryl methyl sites for hydroxylation is 1. The Bertz CT molecular complexity index is 538. The molecule has 0 aromatic heterocycles. The van der Waals surface area contributed by atoms with Gasteiger partial charge in [0.15, 0.2) is 0 Å². The fraction of sp³-hybridized carbons (Fsp3) is 0.562. The van der Waals surface area contributed by atoms with Gasteiger partial charge in [-0.25, -0.2) is 5.01 Å². The SMILES string of the molecule is Cc1cc(Br)cc2c1C(=O)N(N(C)CC1CCCC1)C2. The molecule has 1 aromatic carbocycles. The number of hydrogen-bond donors (Lipinski definition) is 0.